The molecule has 0 unspecified atom stereocenters. The lowest BCUT2D eigenvalue weighted by molar-refractivity contribution is 0.102. The van der Waals surface area contributed by atoms with E-state index in [-0.39, 0.29) is 18.5 Å². The van der Waals surface area contributed by atoms with Gasteiger partial charge in [0.15, 0.2) is 0 Å². The van der Waals surface area contributed by atoms with Crippen LogP contribution in [0.15, 0.2) is 53.9 Å². The maximum atomic E-state index is 13.0. The number of para-hydroxylation sites is 1. The maximum Gasteiger partial charge on any atom is 0.322 e. The topological polar surface area (TPSA) is 83.6 Å². The van der Waals surface area contributed by atoms with Crippen molar-refractivity contribution in [3.8, 4) is 0 Å². The quantitative estimate of drug-likeness (QED) is 0.481. The fourth-order valence-corrected chi connectivity index (χ4v) is 3.87. The first-order chi connectivity index (χ1) is 15.5. The van der Waals surface area contributed by atoms with Crippen molar-refractivity contribution in [2.24, 2.45) is 0 Å². The van der Waals surface area contributed by atoms with Gasteiger partial charge in [-0.05, 0) is 37.1 Å². The molecule has 8 heteroatoms. The number of rotatable bonds is 9. The highest BCUT2D eigenvalue weighted by Gasteiger charge is 2.18. The van der Waals surface area contributed by atoms with E-state index < -0.39 is 0 Å². The Balaban J connectivity index is 1.67. The fourth-order valence-electron chi connectivity index (χ4n) is 3.08. The molecule has 0 fully saturated rings. The van der Waals surface area contributed by atoms with E-state index in [9.17, 15) is 9.59 Å². The first-order valence-electron chi connectivity index (χ1n) is 10.4. The molecule has 3 rings (SSSR count). The van der Waals surface area contributed by atoms with Gasteiger partial charge in [-0.1, -0.05) is 42.8 Å². The van der Waals surface area contributed by atoms with Gasteiger partial charge in [0.2, 0.25) is 0 Å². The van der Waals surface area contributed by atoms with Crippen molar-refractivity contribution in [3.63, 3.8) is 0 Å². The molecule has 168 valence electrons. The lowest BCUT2D eigenvalue weighted by Crippen LogP contribution is -2.37. The minimum atomic E-state index is -0.277. The number of nitrogens with zero attached hydrogens (tertiary/aromatic N) is 2. The average molecular weight is 453 g/mol. The van der Waals surface area contributed by atoms with Gasteiger partial charge < -0.3 is 20.3 Å². The van der Waals surface area contributed by atoms with Crippen molar-refractivity contribution in [2.75, 3.05) is 30.9 Å². The Labute approximate surface area is 192 Å². The van der Waals surface area contributed by atoms with E-state index in [1.807, 2.05) is 62.4 Å². The summed E-state index contributed by atoms with van der Waals surface area (Å²) in [5.74, 6) is -0.277. The number of ether oxygens (including phenoxy) is 1. The van der Waals surface area contributed by atoms with Gasteiger partial charge >= 0.3 is 6.03 Å². The van der Waals surface area contributed by atoms with Crippen LogP contribution in [0.4, 0.5) is 16.2 Å². The van der Waals surface area contributed by atoms with Crippen LogP contribution in [0.1, 0.15) is 33.5 Å². The number of thiazole rings is 1. The summed E-state index contributed by atoms with van der Waals surface area (Å²) in [6, 6.07) is 15.1. The summed E-state index contributed by atoms with van der Waals surface area (Å²) in [4.78, 5) is 31.6. The number of anilines is 2. The number of amides is 3. The SMILES string of the molecule is CCc1ccccc1NC(=O)N(CCOC)Cc1nc(C(=O)Nc2ccc(C)cc2)cs1. The Hall–Kier alpha value is -3.23. The van der Waals surface area contributed by atoms with Gasteiger partial charge in [-0.3, -0.25) is 4.79 Å². The number of carbonyl (C=O) groups excluding carboxylic acids is 2. The minimum Gasteiger partial charge on any atom is -0.383 e. The zero-order valence-electron chi connectivity index (χ0n) is 18.6. The number of aryl methyl sites for hydroxylation is 2. The van der Waals surface area contributed by atoms with Crippen molar-refractivity contribution in [2.45, 2.75) is 26.8 Å². The van der Waals surface area contributed by atoms with E-state index in [0.29, 0.717) is 29.5 Å². The van der Waals surface area contributed by atoms with Gasteiger partial charge in [0.1, 0.15) is 10.7 Å². The van der Waals surface area contributed by atoms with Crippen LogP contribution in [0, 0.1) is 6.92 Å². The van der Waals surface area contributed by atoms with Crippen molar-refractivity contribution < 1.29 is 14.3 Å². The number of methoxy groups -OCH3 is 1. The molecule has 32 heavy (non-hydrogen) atoms. The number of aromatic nitrogens is 1. The normalized spacial score (nSPS) is 10.6. The number of nitrogens with one attached hydrogen (secondary N) is 2. The van der Waals surface area contributed by atoms with Crippen LogP contribution in [0.5, 0.6) is 0 Å². The minimum absolute atomic E-state index is 0.233. The summed E-state index contributed by atoms with van der Waals surface area (Å²) in [6.07, 6.45) is 0.820. The van der Waals surface area contributed by atoms with Crippen LogP contribution in [0.25, 0.3) is 0 Å². The smallest absolute Gasteiger partial charge is 0.322 e. The lowest BCUT2D eigenvalue weighted by Gasteiger charge is -2.22. The summed E-state index contributed by atoms with van der Waals surface area (Å²) in [5, 5.41) is 8.21. The molecule has 0 spiro atoms. The van der Waals surface area contributed by atoms with Crippen molar-refractivity contribution >= 4 is 34.6 Å². The number of hydrogen-bond donors (Lipinski definition) is 2. The van der Waals surface area contributed by atoms with Crippen LogP contribution in [-0.4, -0.2) is 42.1 Å². The molecule has 3 amide bonds. The third kappa shape index (κ3) is 6.38. The highest BCUT2D eigenvalue weighted by molar-refractivity contribution is 7.09. The Kier molecular flexibility index (Phi) is 8.35. The number of benzene rings is 2. The molecule has 7 nitrogen and oxygen atoms in total. The van der Waals surface area contributed by atoms with Gasteiger partial charge in [-0.2, -0.15) is 0 Å². The van der Waals surface area contributed by atoms with Crippen LogP contribution in [-0.2, 0) is 17.7 Å². The molecule has 0 saturated heterocycles. The number of urea groups is 1. The van der Waals surface area contributed by atoms with Gasteiger partial charge in [-0.15, -0.1) is 11.3 Å². The second kappa shape index (κ2) is 11.4. The summed E-state index contributed by atoms with van der Waals surface area (Å²) >= 11 is 1.35. The molecule has 0 aliphatic rings. The average Bonchev–Trinajstić information content (AvgIpc) is 3.27. The van der Waals surface area contributed by atoms with Crippen LogP contribution in [0.3, 0.4) is 0 Å². The van der Waals surface area contributed by atoms with Gasteiger partial charge in [0, 0.05) is 30.4 Å². The molecule has 0 aliphatic carbocycles. The summed E-state index contributed by atoms with van der Waals surface area (Å²) in [7, 11) is 1.60. The molecular formula is C24H28N4O3S. The Morgan fingerprint density at radius 3 is 2.56 bits per heavy atom. The monoisotopic (exact) mass is 452 g/mol. The molecule has 0 aliphatic heterocycles. The third-order valence-corrected chi connectivity index (χ3v) is 5.75. The van der Waals surface area contributed by atoms with Crippen molar-refractivity contribution in [1.29, 1.82) is 0 Å². The Morgan fingerprint density at radius 2 is 1.84 bits per heavy atom. The highest BCUT2D eigenvalue weighted by Crippen LogP contribution is 2.18. The standard InChI is InChI=1S/C24H28N4O3S/c1-4-18-7-5-6-8-20(18)27-24(30)28(13-14-31-3)15-22-26-21(16-32-22)23(29)25-19-11-9-17(2)10-12-19/h5-12,16H,4,13-15H2,1-3H3,(H,25,29)(H,27,30). The predicted molar refractivity (Wildman–Crippen MR) is 128 cm³/mol. The van der Waals surface area contributed by atoms with Gasteiger partial charge in [-0.25, -0.2) is 9.78 Å². The second-order valence-corrected chi connectivity index (χ2v) is 8.24. The van der Waals surface area contributed by atoms with E-state index in [0.717, 1.165) is 23.2 Å². The zero-order valence-corrected chi connectivity index (χ0v) is 19.4. The Bertz CT molecular complexity index is 1050. The first-order valence-corrected chi connectivity index (χ1v) is 11.3. The summed E-state index contributed by atoms with van der Waals surface area (Å²) < 4.78 is 5.17. The lowest BCUT2D eigenvalue weighted by atomic mass is 10.1. The molecule has 0 radical (unpaired) electrons. The maximum absolute atomic E-state index is 13.0. The van der Waals surface area contributed by atoms with Crippen LogP contribution < -0.4 is 10.6 Å². The molecule has 0 saturated carbocycles. The largest absolute Gasteiger partial charge is 0.383 e. The zero-order chi connectivity index (χ0) is 22.9. The number of hydrogen-bond acceptors (Lipinski definition) is 5. The molecule has 2 aromatic carbocycles. The van der Waals surface area contributed by atoms with Crippen LogP contribution >= 0.6 is 11.3 Å². The molecule has 3 aromatic rings. The second-order valence-electron chi connectivity index (χ2n) is 7.30. The van der Waals surface area contributed by atoms with E-state index in [1.165, 1.54) is 11.3 Å². The molecule has 0 bridgehead atoms. The van der Waals surface area contributed by atoms with E-state index >= 15 is 0 Å². The highest BCUT2D eigenvalue weighted by atomic mass is 32.1. The molecule has 0 atom stereocenters. The predicted octanol–water partition coefficient (Wildman–Crippen LogP) is 4.95. The van der Waals surface area contributed by atoms with E-state index in [1.54, 1.807) is 17.4 Å². The van der Waals surface area contributed by atoms with E-state index in [2.05, 4.69) is 15.6 Å². The van der Waals surface area contributed by atoms with Crippen molar-refractivity contribution in [1.82, 2.24) is 9.88 Å². The van der Waals surface area contributed by atoms with E-state index in [4.69, 9.17) is 4.74 Å². The van der Waals surface area contributed by atoms with Crippen molar-refractivity contribution in [3.05, 3.63) is 75.7 Å². The third-order valence-electron chi connectivity index (χ3n) is 4.91. The van der Waals surface area contributed by atoms with Crippen LogP contribution in [0.2, 0.25) is 0 Å². The van der Waals surface area contributed by atoms with Gasteiger partial charge in [0.05, 0.1) is 13.2 Å². The fraction of sp³-hybridized carbons (Fsp3) is 0.292. The molecule has 1 heterocycles. The summed E-state index contributed by atoms with van der Waals surface area (Å²) in [5.41, 5.74) is 4.02. The summed E-state index contributed by atoms with van der Waals surface area (Å²) in [6.45, 7) is 5.12. The Morgan fingerprint density at radius 1 is 1.09 bits per heavy atom. The van der Waals surface area contributed by atoms with Gasteiger partial charge in [0.25, 0.3) is 5.91 Å². The first kappa shape index (κ1) is 23.4. The molecule has 1 aromatic heterocycles. The molecule has 2 N–H and O–H groups in total. The number of carbonyl (C=O) groups is 2. The molecular weight excluding hydrogens is 424 g/mol.